The molecule has 0 fully saturated rings. The van der Waals surface area contributed by atoms with Crippen molar-refractivity contribution in [1.82, 2.24) is 5.32 Å². The number of non-ortho nitro benzene ring substituents is 1. The van der Waals surface area contributed by atoms with E-state index in [1.54, 1.807) is 58.0 Å². The molecule has 1 atom stereocenters. The van der Waals surface area contributed by atoms with E-state index in [-0.39, 0.29) is 23.4 Å². The van der Waals surface area contributed by atoms with E-state index >= 15 is 0 Å². The zero-order valence-electron chi connectivity index (χ0n) is 19.3. The molecule has 2 aromatic rings. The third kappa shape index (κ3) is 5.46. The van der Waals surface area contributed by atoms with Gasteiger partial charge in [0.1, 0.15) is 6.61 Å². The monoisotopic (exact) mass is 484 g/mol. The lowest BCUT2D eigenvalue weighted by Gasteiger charge is -2.30. The Morgan fingerprint density at radius 2 is 1.71 bits per heavy atom. The van der Waals surface area contributed by atoms with Crippen LogP contribution >= 0.6 is 11.6 Å². The molecular formula is C25H25ClN2O6. The SMILES string of the molecule is CC1=C(C(=O)OCc2ccccc2Cl)C(c2cccc([N+](=O)[O-])c2)C(C(=O)OC(C)C)=C(C)N1. The van der Waals surface area contributed by atoms with E-state index in [1.165, 1.54) is 18.2 Å². The van der Waals surface area contributed by atoms with Crippen LogP contribution in [0.15, 0.2) is 71.1 Å². The van der Waals surface area contributed by atoms with Crippen molar-refractivity contribution in [3.63, 3.8) is 0 Å². The second kappa shape index (κ2) is 10.5. The van der Waals surface area contributed by atoms with Crippen molar-refractivity contribution in [2.75, 3.05) is 0 Å². The minimum Gasteiger partial charge on any atom is -0.460 e. The van der Waals surface area contributed by atoms with Crippen LogP contribution in [0, 0.1) is 10.1 Å². The number of nitrogens with one attached hydrogen (secondary N) is 1. The molecule has 178 valence electrons. The van der Waals surface area contributed by atoms with Crippen molar-refractivity contribution in [1.29, 1.82) is 0 Å². The number of ether oxygens (including phenoxy) is 2. The number of hydrogen-bond donors (Lipinski definition) is 1. The van der Waals surface area contributed by atoms with Gasteiger partial charge < -0.3 is 14.8 Å². The van der Waals surface area contributed by atoms with E-state index in [2.05, 4.69) is 5.32 Å². The van der Waals surface area contributed by atoms with Gasteiger partial charge in [-0.05, 0) is 39.3 Å². The third-order valence-electron chi connectivity index (χ3n) is 5.27. The summed E-state index contributed by atoms with van der Waals surface area (Å²) in [5, 5.41) is 14.9. The Morgan fingerprint density at radius 1 is 1.06 bits per heavy atom. The molecule has 3 rings (SSSR count). The van der Waals surface area contributed by atoms with E-state index in [4.69, 9.17) is 21.1 Å². The Bertz CT molecular complexity index is 1200. The fourth-order valence-electron chi connectivity index (χ4n) is 3.80. The quantitative estimate of drug-likeness (QED) is 0.327. The molecule has 0 aliphatic carbocycles. The molecule has 0 aromatic heterocycles. The highest BCUT2D eigenvalue weighted by molar-refractivity contribution is 6.31. The van der Waals surface area contributed by atoms with Crippen LogP contribution < -0.4 is 5.32 Å². The van der Waals surface area contributed by atoms with Crippen LogP contribution in [0.25, 0.3) is 0 Å². The number of esters is 2. The number of carbonyl (C=O) groups is 2. The summed E-state index contributed by atoms with van der Waals surface area (Å²) < 4.78 is 11.0. The number of nitro groups is 1. The molecule has 2 aromatic carbocycles. The maximum atomic E-state index is 13.3. The van der Waals surface area contributed by atoms with Crippen molar-refractivity contribution in [3.8, 4) is 0 Å². The first-order chi connectivity index (χ1) is 16.1. The lowest BCUT2D eigenvalue weighted by molar-refractivity contribution is -0.384. The molecule has 1 unspecified atom stereocenters. The van der Waals surface area contributed by atoms with Crippen LogP contribution in [-0.2, 0) is 25.7 Å². The van der Waals surface area contributed by atoms with E-state index in [9.17, 15) is 19.7 Å². The average Bonchev–Trinajstić information content (AvgIpc) is 2.77. The Kier molecular flexibility index (Phi) is 7.73. The number of dihydropyridines is 1. The van der Waals surface area contributed by atoms with Crippen molar-refractivity contribution >= 4 is 29.2 Å². The lowest BCUT2D eigenvalue weighted by Crippen LogP contribution is -2.33. The zero-order valence-corrected chi connectivity index (χ0v) is 20.0. The van der Waals surface area contributed by atoms with Gasteiger partial charge in [0, 0.05) is 34.1 Å². The average molecular weight is 485 g/mol. The summed E-state index contributed by atoms with van der Waals surface area (Å²) in [7, 11) is 0. The van der Waals surface area contributed by atoms with Gasteiger partial charge in [0.05, 0.1) is 28.1 Å². The number of rotatable bonds is 7. The minimum atomic E-state index is -0.925. The molecule has 0 amide bonds. The van der Waals surface area contributed by atoms with Crippen LogP contribution in [0.2, 0.25) is 5.02 Å². The molecule has 0 radical (unpaired) electrons. The molecule has 1 aliphatic heterocycles. The first-order valence-corrected chi connectivity index (χ1v) is 11.0. The van der Waals surface area contributed by atoms with Gasteiger partial charge >= 0.3 is 11.9 Å². The maximum Gasteiger partial charge on any atom is 0.337 e. The van der Waals surface area contributed by atoms with Crippen molar-refractivity contribution in [2.45, 2.75) is 46.3 Å². The van der Waals surface area contributed by atoms with Gasteiger partial charge in [0.15, 0.2) is 0 Å². The second-order valence-corrected chi connectivity index (χ2v) is 8.52. The minimum absolute atomic E-state index is 0.0780. The molecule has 0 saturated heterocycles. The fourth-order valence-corrected chi connectivity index (χ4v) is 3.99. The Balaban J connectivity index is 2.06. The highest BCUT2D eigenvalue weighted by atomic mass is 35.5. The van der Waals surface area contributed by atoms with Crippen LogP contribution in [-0.4, -0.2) is 23.0 Å². The van der Waals surface area contributed by atoms with Gasteiger partial charge in [-0.25, -0.2) is 9.59 Å². The first-order valence-electron chi connectivity index (χ1n) is 10.6. The van der Waals surface area contributed by atoms with E-state index in [1.807, 2.05) is 0 Å². The smallest absolute Gasteiger partial charge is 0.337 e. The van der Waals surface area contributed by atoms with Crippen molar-refractivity contribution < 1.29 is 24.0 Å². The number of nitro benzene ring substituents is 1. The van der Waals surface area contributed by atoms with Gasteiger partial charge in [-0.3, -0.25) is 10.1 Å². The molecule has 8 nitrogen and oxygen atoms in total. The normalized spacial score (nSPS) is 15.8. The molecular weight excluding hydrogens is 460 g/mol. The van der Waals surface area contributed by atoms with Crippen LogP contribution in [0.4, 0.5) is 5.69 Å². The summed E-state index contributed by atoms with van der Waals surface area (Å²) in [5.41, 5.74) is 2.17. The van der Waals surface area contributed by atoms with Gasteiger partial charge in [-0.15, -0.1) is 0 Å². The van der Waals surface area contributed by atoms with Crippen LogP contribution in [0.3, 0.4) is 0 Å². The second-order valence-electron chi connectivity index (χ2n) is 8.11. The number of nitrogens with zero attached hydrogens (tertiary/aromatic N) is 1. The molecule has 0 spiro atoms. The summed E-state index contributed by atoms with van der Waals surface area (Å²) in [6, 6.07) is 12.8. The van der Waals surface area contributed by atoms with Gasteiger partial charge in [0.25, 0.3) is 5.69 Å². The van der Waals surface area contributed by atoms with Gasteiger partial charge in [-0.2, -0.15) is 0 Å². The lowest BCUT2D eigenvalue weighted by atomic mass is 9.80. The van der Waals surface area contributed by atoms with E-state index in [0.717, 1.165) is 0 Å². The number of carbonyl (C=O) groups excluding carboxylic acids is 2. The number of halogens is 1. The molecule has 34 heavy (non-hydrogen) atoms. The number of allylic oxidation sites excluding steroid dienone is 2. The summed E-state index contributed by atoms with van der Waals surface area (Å²) in [6.45, 7) is 6.73. The molecule has 1 aliphatic rings. The Hall–Kier alpha value is -3.65. The number of benzene rings is 2. The molecule has 9 heteroatoms. The fraction of sp³-hybridized carbons (Fsp3) is 0.280. The highest BCUT2D eigenvalue weighted by Gasteiger charge is 2.38. The van der Waals surface area contributed by atoms with Gasteiger partial charge in [-0.1, -0.05) is 41.9 Å². The molecule has 0 bridgehead atoms. The summed E-state index contributed by atoms with van der Waals surface area (Å²) in [6.07, 6.45) is -0.402. The Labute approximate surface area is 202 Å². The summed E-state index contributed by atoms with van der Waals surface area (Å²) in [5.74, 6) is -2.23. The van der Waals surface area contributed by atoms with Crippen LogP contribution in [0.1, 0.15) is 44.7 Å². The topological polar surface area (TPSA) is 108 Å². The summed E-state index contributed by atoms with van der Waals surface area (Å²) >= 11 is 6.18. The van der Waals surface area contributed by atoms with Crippen molar-refractivity contribution in [3.05, 3.63) is 97.3 Å². The zero-order chi connectivity index (χ0) is 25.0. The van der Waals surface area contributed by atoms with E-state index < -0.39 is 28.9 Å². The van der Waals surface area contributed by atoms with Gasteiger partial charge in [0.2, 0.25) is 0 Å². The Morgan fingerprint density at radius 3 is 2.32 bits per heavy atom. The maximum absolute atomic E-state index is 13.3. The molecule has 0 saturated carbocycles. The van der Waals surface area contributed by atoms with Crippen molar-refractivity contribution in [2.24, 2.45) is 0 Å². The standard InChI is InChI=1S/C25H25ClN2O6/c1-14(2)34-25(30)22-16(4)27-15(3)21(23(22)17-9-7-10-19(12-17)28(31)32)24(29)33-13-18-8-5-6-11-20(18)26/h5-12,14,23,27H,13H2,1-4H3. The number of hydrogen-bond acceptors (Lipinski definition) is 7. The molecule has 1 N–H and O–H groups in total. The largest absolute Gasteiger partial charge is 0.460 e. The predicted octanol–water partition coefficient (Wildman–Crippen LogP) is 5.18. The summed E-state index contributed by atoms with van der Waals surface area (Å²) in [4.78, 5) is 37.3. The predicted molar refractivity (Wildman–Crippen MR) is 127 cm³/mol. The van der Waals surface area contributed by atoms with Crippen LogP contribution in [0.5, 0.6) is 0 Å². The van der Waals surface area contributed by atoms with E-state index in [0.29, 0.717) is 27.5 Å². The first kappa shape index (κ1) is 25.0. The third-order valence-corrected chi connectivity index (χ3v) is 5.64. The highest BCUT2D eigenvalue weighted by Crippen LogP contribution is 2.40. The molecule has 1 heterocycles.